The Hall–Kier alpha value is -4.26. The van der Waals surface area contributed by atoms with Gasteiger partial charge in [0.25, 0.3) is 5.91 Å². The summed E-state index contributed by atoms with van der Waals surface area (Å²) >= 11 is 0. The van der Waals surface area contributed by atoms with E-state index in [1.165, 1.54) is 11.8 Å². The number of aromatic amines is 1. The second kappa shape index (κ2) is 13.6. The second-order valence-electron chi connectivity index (χ2n) is 11.2. The van der Waals surface area contributed by atoms with Crippen LogP contribution in [0, 0.1) is 5.92 Å². The fourth-order valence-electron chi connectivity index (χ4n) is 5.23. The Morgan fingerprint density at radius 3 is 2.40 bits per heavy atom. The molecule has 1 aliphatic heterocycles. The Morgan fingerprint density at radius 2 is 1.71 bits per heavy atom. The van der Waals surface area contributed by atoms with Crippen LogP contribution < -0.4 is 21.3 Å². The predicted molar refractivity (Wildman–Crippen MR) is 152 cm³/mol. The molecule has 13 heteroatoms. The highest BCUT2D eigenvalue weighted by Gasteiger charge is 2.34. The van der Waals surface area contributed by atoms with E-state index >= 15 is 0 Å². The molecule has 1 fully saturated rings. The van der Waals surface area contributed by atoms with Crippen molar-refractivity contribution < 1.29 is 29.1 Å². The molecule has 13 nitrogen and oxygen atoms in total. The Morgan fingerprint density at radius 1 is 0.976 bits per heavy atom. The topological polar surface area (TPSA) is 186 Å². The number of nitrogens with one attached hydrogen (secondary N) is 5. The molecule has 5 amide bonds. The van der Waals surface area contributed by atoms with Crippen molar-refractivity contribution in [3.63, 3.8) is 0 Å². The number of carbonyl (C=O) groups is 5. The molecule has 0 saturated carbocycles. The number of aromatic nitrogens is 2. The minimum absolute atomic E-state index is 0.0464. The zero-order chi connectivity index (χ0) is 30.4. The molecular formula is C29H39N7O6. The van der Waals surface area contributed by atoms with E-state index in [2.05, 4.69) is 31.5 Å². The third kappa shape index (κ3) is 7.32. The predicted octanol–water partition coefficient (Wildman–Crippen LogP) is -0.796. The van der Waals surface area contributed by atoms with E-state index in [1.54, 1.807) is 38.1 Å². The number of hydrogen-bond acceptors (Lipinski definition) is 7. The van der Waals surface area contributed by atoms with E-state index in [4.69, 9.17) is 0 Å². The molecule has 42 heavy (non-hydrogen) atoms. The third-order valence-electron chi connectivity index (χ3n) is 7.56. The summed E-state index contributed by atoms with van der Waals surface area (Å²) < 4.78 is 0. The van der Waals surface area contributed by atoms with E-state index in [-0.39, 0.29) is 37.7 Å². The van der Waals surface area contributed by atoms with Gasteiger partial charge in [-0.15, -0.1) is 0 Å². The van der Waals surface area contributed by atoms with Gasteiger partial charge < -0.3 is 31.3 Å². The monoisotopic (exact) mass is 581 g/mol. The molecule has 2 aliphatic rings. The summed E-state index contributed by atoms with van der Waals surface area (Å²) in [5.74, 6) is -3.33. The number of rotatable bonds is 5. The number of fused-ring (bicyclic) bond motifs is 1. The molecule has 1 aromatic carbocycles. The summed E-state index contributed by atoms with van der Waals surface area (Å²) in [6.45, 7) is 4.41. The average molecular weight is 582 g/mol. The number of aryl methyl sites for hydroxylation is 1. The second-order valence-corrected chi connectivity index (χ2v) is 11.2. The van der Waals surface area contributed by atoms with Crippen LogP contribution in [0.5, 0.6) is 0 Å². The van der Waals surface area contributed by atoms with Crippen LogP contribution in [0.3, 0.4) is 0 Å². The van der Waals surface area contributed by atoms with Crippen LogP contribution in [0.1, 0.15) is 54.5 Å². The lowest BCUT2D eigenvalue weighted by Gasteiger charge is -2.27. The van der Waals surface area contributed by atoms with Gasteiger partial charge in [0, 0.05) is 30.8 Å². The molecule has 6 N–H and O–H groups in total. The Kier molecular flexibility index (Phi) is 9.94. The van der Waals surface area contributed by atoms with Crippen molar-refractivity contribution >= 4 is 29.5 Å². The maximum atomic E-state index is 13.5. The number of carbonyl (C=O) groups excluding carboxylic acids is 5. The van der Waals surface area contributed by atoms with Crippen LogP contribution >= 0.6 is 0 Å². The van der Waals surface area contributed by atoms with Gasteiger partial charge in [0.2, 0.25) is 23.6 Å². The summed E-state index contributed by atoms with van der Waals surface area (Å²) in [6.07, 6.45) is 1.23. The fraction of sp³-hybridized carbons (Fsp3) is 0.517. The molecule has 0 radical (unpaired) electrons. The first-order chi connectivity index (χ1) is 20.0. The average Bonchev–Trinajstić information content (AvgIpc) is 3.57. The molecule has 1 aromatic heterocycles. The van der Waals surface area contributed by atoms with Crippen LogP contribution in [0.25, 0.3) is 0 Å². The highest BCUT2D eigenvalue weighted by Crippen LogP contribution is 2.23. The van der Waals surface area contributed by atoms with Gasteiger partial charge in [0.05, 0.1) is 12.6 Å². The Balaban J connectivity index is 1.63. The minimum atomic E-state index is -1.32. The lowest BCUT2D eigenvalue weighted by atomic mass is 10.0. The van der Waals surface area contributed by atoms with Crippen LogP contribution in [0.15, 0.2) is 30.3 Å². The molecule has 1 aliphatic carbocycles. The van der Waals surface area contributed by atoms with E-state index in [0.29, 0.717) is 6.42 Å². The molecule has 1 saturated heterocycles. The van der Waals surface area contributed by atoms with Crippen molar-refractivity contribution in [2.75, 3.05) is 19.6 Å². The quantitative estimate of drug-likeness (QED) is 0.267. The Labute approximate surface area is 244 Å². The standard InChI is InChI=1S/C29H39N7O6/c1-16(2)23-28(41)31-21(14-18-8-5-4-6-9-18)26(39)33-24(17(3)37)27(40)30-12-13-36(15-22(38)32-23)29(42)25-19-10-7-11-20(19)34-35-25/h4-6,8-9,16-17,21,23-24,37H,7,10-15H2,1-3H3,(H,30,40)(H,31,41)(H,32,38)(H,33,39)(H,34,35)/t17-,21+,23-,24+/m1/s1. The molecule has 2 heterocycles. The number of aliphatic hydroxyl groups excluding tert-OH is 1. The number of amides is 5. The van der Waals surface area contributed by atoms with Crippen molar-refractivity contribution in [2.45, 2.75) is 70.7 Å². The van der Waals surface area contributed by atoms with Gasteiger partial charge in [-0.3, -0.25) is 29.1 Å². The number of H-pyrrole nitrogens is 1. The highest BCUT2D eigenvalue weighted by atomic mass is 16.3. The van der Waals surface area contributed by atoms with Crippen molar-refractivity contribution in [2.24, 2.45) is 5.92 Å². The number of benzene rings is 1. The van der Waals surface area contributed by atoms with Gasteiger partial charge in [0.15, 0.2) is 5.69 Å². The lowest BCUT2D eigenvalue weighted by Crippen LogP contribution is -2.60. The number of nitrogens with zero attached hydrogens (tertiary/aromatic N) is 2. The molecule has 4 rings (SSSR count). The molecule has 0 spiro atoms. The first-order valence-corrected chi connectivity index (χ1v) is 14.3. The van der Waals surface area contributed by atoms with Crippen molar-refractivity contribution in [3.8, 4) is 0 Å². The SMILES string of the molecule is CC(C)[C@H]1NC(=O)CN(C(=O)c2n[nH]c3c2CCC3)CCNC(=O)[C@H]([C@@H](C)O)NC(=O)[C@H](Cc2ccccc2)NC1=O. The first kappa shape index (κ1) is 30.7. The van der Waals surface area contributed by atoms with Crippen molar-refractivity contribution in [3.05, 3.63) is 52.8 Å². The van der Waals surface area contributed by atoms with Crippen LogP contribution in [0.4, 0.5) is 0 Å². The number of hydrogen-bond donors (Lipinski definition) is 6. The fourth-order valence-corrected chi connectivity index (χ4v) is 5.23. The largest absolute Gasteiger partial charge is 0.391 e. The summed E-state index contributed by atoms with van der Waals surface area (Å²) in [7, 11) is 0. The van der Waals surface area contributed by atoms with Crippen molar-refractivity contribution in [1.82, 2.24) is 36.4 Å². The smallest absolute Gasteiger partial charge is 0.275 e. The molecular weight excluding hydrogens is 542 g/mol. The van der Waals surface area contributed by atoms with Gasteiger partial charge in [0.1, 0.15) is 18.1 Å². The summed E-state index contributed by atoms with van der Waals surface area (Å²) in [4.78, 5) is 68.0. The summed E-state index contributed by atoms with van der Waals surface area (Å²) in [6, 6.07) is 5.60. The summed E-state index contributed by atoms with van der Waals surface area (Å²) in [5, 5.41) is 28.1. The van der Waals surface area contributed by atoms with Gasteiger partial charge in [-0.1, -0.05) is 44.2 Å². The molecule has 2 aromatic rings. The maximum Gasteiger partial charge on any atom is 0.275 e. The van der Waals surface area contributed by atoms with Gasteiger partial charge >= 0.3 is 0 Å². The van der Waals surface area contributed by atoms with E-state index in [1.807, 2.05) is 6.07 Å². The van der Waals surface area contributed by atoms with Gasteiger partial charge in [-0.25, -0.2) is 0 Å². The zero-order valence-electron chi connectivity index (χ0n) is 24.1. The first-order valence-electron chi connectivity index (χ1n) is 14.3. The van der Waals surface area contributed by atoms with Gasteiger partial charge in [-0.2, -0.15) is 5.10 Å². The molecule has 226 valence electrons. The molecule has 0 unspecified atom stereocenters. The zero-order valence-corrected chi connectivity index (χ0v) is 24.1. The van der Waals surface area contributed by atoms with E-state index in [0.717, 1.165) is 29.7 Å². The Bertz CT molecular complexity index is 1310. The van der Waals surface area contributed by atoms with Crippen LogP contribution in [-0.2, 0) is 38.4 Å². The molecule has 4 atom stereocenters. The molecule has 0 bridgehead atoms. The van der Waals surface area contributed by atoms with E-state index in [9.17, 15) is 29.1 Å². The lowest BCUT2D eigenvalue weighted by molar-refractivity contribution is -0.135. The minimum Gasteiger partial charge on any atom is -0.391 e. The van der Waals surface area contributed by atoms with Crippen LogP contribution in [-0.4, -0.2) is 93.6 Å². The highest BCUT2D eigenvalue weighted by molar-refractivity contribution is 5.98. The van der Waals surface area contributed by atoms with Crippen LogP contribution in [0.2, 0.25) is 0 Å². The number of aliphatic hydroxyl groups is 1. The van der Waals surface area contributed by atoms with Gasteiger partial charge in [-0.05, 0) is 37.7 Å². The normalized spacial score (nSPS) is 23.2. The van der Waals surface area contributed by atoms with Crippen molar-refractivity contribution in [1.29, 1.82) is 0 Å². The van der Waals surface area contributed by atoms with E-state index < -0.39 is 53.8 Å². The maximum absolute atomic E-state index is 13.5. The summed E-state index contributed by atoms with van der Waals surface area (Å²) in [5.41, 5.74) is 2.71. The third-order valence-corrected chi connectivity index (χ3v) is 7.56.